The first kappa shape index (κ1) is 20.0. The molecule has 146 valence electrons. The molecule has 1 fully saturated rings. The highest BCUT2D eigenvalue weighted by Gasteiger charge is 2.48. The molecule has 0 saturated carbocycles. The molecule has 2 rings (SSSR count). The van der Waals surface area contributed by atoms with Crippen LogP contribution in [0.5, 0.6) is 0 Å². The Labute approximate surface area is 147 Å². The fourth-order valence-electron chi connectivity index (χ4n) is 2.69. The summed E-state index contributed by atoms with van der Waals surface area (Å²) in [6.07, 6.45) is -1.22. The van der Waals surface area contributed by atoms with Crippen LogP contribution < -0.4 is 15.2 Å². The lowest BCUT2D eigenvalue weighted by Crippen LogP contribution is -2.51. The summed E-state index contributed by atoms with van der Waals surface area (Å²) in [4.78, 5) is 40.8. The largest absolute Gasteiger partial charge is 0.477 e. The minimum atomic E-state index is -3.89. The van der Waals surface area contributed by atoms with Gasteiger partial charge in [0.05, 0.1) is 12.6 Å². The van der Waals surface area contributed by atoms with E-state index in [1.54, 1.807) is 6.92 Å². The molecule has 2 aliphatic heterocycles. The quantitative estimate of drug-likeness (QED) is 0.263. The van der Waals surface area contributed by atoms with Crippen LogP contribution in [0.15, 0.2) is 11.6 Å². The number of aliphatic carboxylic acids is 1. The molecule has 3 amide bonds. The van der Waals surface area contributed by atoms with Crippen molar-refractivity contribution >= 4 is 28.1 Å². The maximum atomic E-state index is 13.3. The van der Waals surface area contributed by atoms with Crippen LogP contribution in [-0.4, -0.2) is 79.5 Å². The van der Waals surface area contributed by atoms with Crippen molar-refractivity contribution in [3.05, 3.63) is 11.6 Å². The van der Waals surface area contributed by atoms with Crippen LogP contribution >= 0.6 is 0 Å². The van der Waals surface area contributed by atoms with Gasteiger partial charge in [0, 0.05) is 13.1 Å². The summed E-state index contributed by atoms with van der Waals surface area (Å²) >= 11 is 0. The van der Waals surface area contributed by atoms with Gasteiger partial charge in [0.1, 0.15) is 6.04 Å². The number of nitrogens with one attached hydrogen (secondary N) is 2. The van der Waals surface area contributed by atoms with Gasteiger partial charge in [0.2, 0.25) is 5.91 Å². The number of nitrogens with two attached hydrogens (primary N) is 1. The highest BCUT2D eigenvalue weighted by Crippen LogP contribution is 2.30. The van der Waals surface area contributed by atoms with Gasteiger partial charge in [-0.2, -0.15) is 13.5 Å². The van der Waals surface area contributed by atoms with E-state index in [9.17, 15) is 27.2 Å². The summed E-state index contributed by atoms with van der Waals surface area (Å²) in [5.41, 5.74) is 0.475. The first-order chi connectivity index (χ1) is 12.0. The number of carboxylic acids is 1. The number of amides is 3. The number of halogens is 1. The van der Waals surface area contributed by atoms with Gasteiger partial charge in [0.25, 0.3) is 10.2 Å². The lowest BCUT2D eigenvalue weighted by atomic mass is 10.00. The van der Waals surface area contributed by atoms with Crippen molar-refractivity contribution in [3.63, 3.8) is 0 Å². The summed E-state index contributed by atoms with van der Waals surface area (Å²) in [5, 5.41) is 16.3. The van der Waals surface area contributed by atoms with Crippen molar-refractivity contribution in [1.82, 2.24) is 20.0 Å². The molecule has 3 atom stereocenters. The lowest BCUT2D eigenvalue weighted by molar-refractivity contribution is -0.219. The Hall–Kier alpha value is -2.29. The second-order valence-corrected chi connectivity index (χ2v) is 7.01. The van der Waals surface area contributed by atoms with Crippen LogP contribution in [-0.2, 0) is 24.6 Å². The van der Waals surface area contributed by atoms with E-state index >= 15 is 0 Å². The maximum Gasteiger partial charge on any atom is 0.368 e. The third-order valence-corrected chi connectivity index (χ3v) is 4.30. The molecule has 0 radical (unpaired) electrons. The van der Waals surface area contributed by atoms with Gasteiger partial charge >= 0.3 is 18.4 Å². The molecular formula is C12H18FN5O7S. The number of carboxylic acid groups (broad SMARTS) is 1. The molecule has 14 heteroatoms. The molecule has 1 saturated heterocycles. The third kappa shape index (κ3) is 4.46. The lowest BCUT2D eigenvalue weighted by Gasteiger charge is -2.29. The highest BCUT2D eigenvalue weighted by atomic mass is 32.2. The Bertz CT molecular complexity index is 742. The van der Waals surface area contributed by atoms with Crippen LogP contribution in [0.4, 0.5) is 9.18 Å². The molecule has 2 bridgehead atoms. The number of carbonyl (C=O) groups is 3. The molecule has 2 heterocycles. The Morgan fingerprint density at radius 2 is 2.15 bits per heavy atom. The van der Waals surface area contributed by atoms with Crippen molar-refractivity contribution in [3.8, 4) is 0 Å². The van der Waals surface area contributed by atoms with Crippen molar-refractivity contribution in [2.45, 2.75) is 25.4 Å². The monoisotopic (exact) mass is 395 g/mol. The molecule has 5 N–H and O–H groups in total. The summed E-state index contributed by atoms with van der Waals surface area (Å²) in [6, 6.07) is -2.59. The molecule has 0 aromatic rings. The van der Waals surface area contributed by atoms with Crippen LogP contribution in [0, 0.1) is 0 Å². The Kier molecular flexibility index (Phi) is 5.80. The summed E-state index contributed by atoms with van der Waals surface area (Å²) < 4.78 is 36.7. The Morgan fingerprint density at radius 3 is 2.73 bits per heavy atom. The average Bonchev–Trinajstić information content (AvgIpc) is 2.75. The van der Waals surface area contributed by atoms with Gasteiger partial charge < -0.3 is 15.3 Å². The number of nitrogens with zero attached hydrogens (tertiary/aromatic N) is 2. The molecular weight excluding hydrogens is 377 g/mol. The fraction of sp³-hybridized carbons (Fsp3) is 0.583. The van der Waals surface area contributed by atoms with E-state index in [0.717, 1.165) is 4.90 Å². The SMILES string of the molecule is CC1=C[C@@H]2CN(C(=O)N2O[C@@H](F)C(=O)O)[C@@H]1C(=O)NCCNS(N)(=O)=O. The number of fused-ring (bicyclic) bond motifs is 2. The van der Waals surface area contributed by atoms with Gasteiger partial charge in [-0.15, -0.1) is 0 Å². The normalized spacial score (nSPS) is 23.7. The van der Waals surface area contributed by atoms with Crippen LogP contribution in [0.3, 0.4) is 0 Å². The topological polar surface area (TPSA) is 171 Å². The second kappa shape index (κ2) is 7.53. The zero-order valence-corrected chi connectivity index (χ0v) is 14.4. The minimum Gasteiger partial charge on any atom is -0.477 e. The second-order valence-electron chi connectivity index (χ2n) is 5.63. The van der Waals surface area contributed by atoms with E-state index in [4.69, 9.17) is 10.2 Å². The number of alkyl halides is 1. The Balaban J connectivity index is 2.01. The maximum absolute atomic E-state index is 13.3. The molecule has 0 aliphatic carbocycles. The molecule has 12 nitrogen and oxygen atoms in total. The molecule has 0 unspecified atom stereocenters. The van der Waals surface area contributed by atoms with Gasteiger partial charge in [0.15, 0.2) is 0 Å². The predicted molar refractivity (Wildman–Crippen MR) is 83.0 cm³/mol. The van der Waals surface area contributed by atoms with Crippen molar-refractivity contribution in [2.75, 3.05) is 19.6 Å². The van der Waals surface area contributed by atoms with E-state index in [0.29, 0.717) is 10.6 Å². The molecule has 2 aliphatic rings. The smallest absolute Gasteiger partial charge is 0.368 e. The van der Waals surface area contributed by atoms with Gasteiger partial charge in [-0.1, -0.05) is 6.08 Å². The van der Waals surface area contributed by atoms with E-state index < -0.39 is 46.6 Å². The number of rotatable bonds is 8. The minimum absolute atomic E-state index is 0.00995. The number of carbonyl (C=O) groups excluding carboxylic acids is 2. The number of hydrogen-bond acceptors (Lipinski definition) is 6. The molecule has 0 spiro atoms. The molecule has 0 aromatic heterocycles. The standard InChI is InChI=1S/C12H18FN5O7S/c1-6-4-7-5-17(12(22)18(7)25-9(13)11(20)21)8(6)10(19)15-2-3-16-26(14,23)24/h4,7-9,16H,2-3,5H2,1H3,(H,15,19)(H,20,21)(H2,14,23,24)/t7-,8+,9-/m1/s1. The molecule has 0 aromatic carbocycles. The number of urea groups is 1. The van der Waals surface area contributed by atoms with Crippen molar-refractivity contribution < 1.29 is 37.1 Å². The fourth-order valence-corrected chi connectivity index (χ4v) is 3.08. The van der Waals surface area contributed by atoms with E-state index in [2.05, 4.69) is 10.2 Å². The first-order valence-electron chi connectivity index (χ1n) is 7.38. The number of hydrogen-bond donors (Lipinski definition) is 4. The Morgan fingerprint density at radius 1 is 1.50 bits per heavy atom. The van der Waals surface area contributed by atoms with Gasteiger partial charge in [-0.25, -0.2) is 28.7 Å². The van der Waals surface area contributed by atoms with Crippen LogP contribution in [0.2, 0.25) is 0 Å². The van der Waals surface area contributed by atoms with Gasteiger partial charge in [-0.3, -0.25) is 4.79 Å². The summed E-state index contributed by atoms with van der Waals surface area (Å²) in [6.45, 7) is 1.37. The summed E-state index contributed by atoms with van der Waals surface area (Å²) in [7, 11) is -3.89. The van der Waals surface area contributed by atoms with Crippen molar-refractivity contribution in [1.29, 1.82) is 0 Å². The van der Waals surface area contributed by atoms with Crippen LogP contribution in [0.1, 0.15) is 6.92 Å². The summed E-state index contributed by atoms with van der Waals surface area (Å²) in [5.74, 6) is -2.47. The van der Waals surface area contributed by atoms with Gasteiger partial charge in [-0.05, 0) is 12.5 Å². The zero-order valence-electron chi connectivity index (χ0n) is 13.6. The predicted octanol–water partition coefficient (Wildman–Crippen LogP) is -2.36. The number of hydroxylamine groups is 2. The average molecular weight is 395 g/mol. The van der Waals surface area contributed by atoms with E-state index in [1.165, 1.54) is 6.08 Å². The van der Waals surface area contributed by atoms with Crippen LogP contribution in [0.25, 0.3) is 0 Å². The third-order valence-electron chi connectivity index (χ3n) is 3.69. The highest BCUT2D eigenvalue weighted by molar-refractivity contribution is 7.87. The van der Waals surface area contributed by atoms with E-state index in [1.807, 2.05) is 4.72 Å². The molecule has 26 heavy (non-hydrogen) atoms. The van der Waals surface area contributed by atoms with Crippen molar-refractivity contribution in [2.24, 2.45) is 5.14 Å². The zero-order chi connectivity index (χ0) is 19.6. The first-order valence-corrected chi connectivity index (χ1v) is 8.93. The van der Waals surface area contributed by atoms with E-state index in [-0.39, 0.29) is 19.6 Å².